The first-order chi connectivity index (χ1) is 9.08. The molecule has 0 atom stereocenters. The fourth-order valence-electron chi connectivity index (χ4n) is 1.41. The van der Waals surface area contributed by atoms with Crippen LogP contribution in [0.3, 0.4) is 0 Å². The number of rotatable bonds is 4. The summed E-state index contributed by atoms with van der Waals surface area (Å²) in [6.07, 6.45) is 2.99. The first-order valence-electron chi connectivity index (χ1n) is 5.08. The summed E-state index contributed by atoms with van der Waals surface area (Å²) in [6.45, 7) is 0. The highest BCUT2D eigenvalue weighted by molar-refractivity contribution is 5.56. The zero-order valence-electron chi connectivity index (χ0n) is 9.42. The van der Waals surface area contributed by atoms with Crippen molar-refractivity contribution in [3.63, 3.8) is 0 Å². The molecule has 8 heteroatoms. The summed E-state index contributed by atoms with van der Waals surface area (Å²) in [7, 11) is 0. The smallest absolute Gasteiger partial charge is 0.349 e. The summed E-state index contributed by atoms with van der Waals surface area (Å²) in [6, 6.07) is 6.47. The molecule has 1 heterocycles. The highest BCUT2D eigenvalue weighted by Gasteiger charge is 2.24. The van der Waals surface area contributed by atoms with Crippen molar-refractivity contribution in [1.82, 2.24) is 4.98 Å². The minimum absolute atomic E-state index is 0.142. The molecular formula is C11H7N3O5. The maximum absolute atomic E-state index is 10.8. The first-order valence-corrected chi connectivity index (χ1v) is 5.08. The van der Waals surface area contributed by atoms with Gasteiger partial charge in [0.15, 0.2) is 0 Å². The average molecular weight is 261 g/mol. The van der Waals surface area contributed by atoms with Gasteiger partial charge in [0.05, 0.1) is 15.9 Å². The number of aromatic nitrogens is 1. The van der Waals surface area contributed by atoms with E-state index in [9.17, 15) is 20.2 Å². The largest absolute Gasteiger partial charge is 0.457 e. The number of benzene rings is 1. The van der Waals surface area contributed by atoms with Gasteiger partial charge in [-0.3, -0.25) is 25.2 Å². The van der Waals surface area contributed by atoms with Crippen molar-refractivity contribution in [2.75, 3.05) is 0 Å². The number of nitro benzene ring substituents is 2. The van der Waals surface area contributed by atoms with Crippen LogP contribution in [-0.4, -0.2) is 14.8 Å². The van der Waals surface area contributed by atoms with Gasteiger partial charge in [0, 0.05) is 18.5 Å². The van der Waals surface area contributed by atoms with Gasteiger partial charge in [0.2, 0.25) is 0 Å². The van der Waals surface area contributed by atoms with Crippen LogP contribution in [0, 0.1) is 20.2 Å². The van der Waals surface area contributed by atoms with Gasteiger partial charge < -0.3 is 4.74 Å². The minimum Gasteiger partial charge on any atom is -0.457 e. The molecule has 2 rings (SSSR count). The molecule has 0 unspecified atom stereocenters. The third kappa shape index (κ3) is 2.80. The van der Waals surface area contributed by atoms with Crippen molar-refractivity contribution < 1.29 is 14.6 Å². The second kappa shape index (κ2) is 5.08. The zero-order valence-corrected chi connectivity index (χ0v) is 9.42. The molecule has 0 radical (unpaired) electrons. The summed E-state index contributed by atoms with van der Waals surface area (Å²) >= 11 is 0. The van der Waals surface area contributed by atoms with Crippen molar-refractivity contribution in [2.24, 2.45) is 0 Å². The van der Waals surface area contributed by atoms with E-state index in [0.717, 1.165) is 12.1 Å². The molecule has 0 aliphatic heterocycles. The molecule has 1 aromatic heterocycles. The van der Waals surface area contributed by atoms with Gasteiger partial charge >= 0.3 is 11.4 Å². The maximum Gasteiger partial charge on any atom is 0.349 e. The van der Waals surface area contributed by atoms with Gasteiger partial charge in [0.1, 0.15) is 11.5 Å². The summed E-state index contributed by atoms with van der Waals surface area (Å²) in [5.74, 6) is 0.571. The molecule has 8 nitrogen and oxygen atoms in total. The molecule has 0 aliphatic carbocycles. The van der Waals surface area contributed by atoms with Crippen molar-refractivity contribution in [1.29, 1.82) is 0 Å². The quantitative estimate of drug-likeness (QED) is 0.618. The number of hydrogen-bond acceptors (Lipinski definition) is 6. The first kappa shape index (κ1) is 12.4. The van der Waals surface area contributed by atoms with Gasteiger partial charge in [-0.05, 0) is 18.2 Å². The van der Waals surface area contributed by atoms with E-state index in [1.54, 1.807) is 12.1 Å². The Kier molecular flexibility index (Phi) is 3.33. The summed E-state index contributed by atoms with van der Waals surface area (Å²) in [5.41, 5.74) is -1.19. The second-order valence-corrected chi connectivity index (χ2v) is 3.45. The number of pyridine rings is 1. The van der Waals surface area contributed by atoms with Crippen LogP contribution in [0.1, 0.15) is 0 Å². The second-order valence-electron chi connectivity index (χ2n) is 3.45. The predicted octanol–water partition coefficient (Wildman–Crippen LogP) is 2.69. The molecule has 1 aromatic carbocycles. The molecule has 0 saturated heterocycles. The number of nitro groups is 2. The standard InChI is InChI=1S/C11H7N3O5/c15-13(16)10-2-1-9(7-11(10)14(17)18)19-8-3-5-12-6-4-8/h1-7H. The lowest BCUT2D eigenvalue weighted by Gasteiger charge is -2.04. The topological polar surface area (TPSA) is 108 Å². The minimum atomic E-state index is -0.822. The maximum atomic E-state index is 10.8. The van der Waals surface area contributed by atoms with Crippen LogP contribution in [-0.2, 0) is 0 Å². The normalized spacial score (nSPS) is 9.89. The van der Waals surface area contributed by atoms with E-state index in [4.69, 9.17) is 4.74 Å². The van der Waals surface area contributed by atoms with Crippen LogP contribution >= 0.6 is 0 Å². The lowest BCUT2D eigenvalue weighted by atomic mass is 10.2. The fourth-order valence-corrected chi connectivity index (χ4v) is 1.41. The Balaban J connectivity index is 2.36. The molecule has 0 amide bonds. The van der Waals surface area contributed by atoms with Crippen LogP contribution in [0.2, 0.25) is 0 Å². The Hall–Kier alpha value is -3.03. The summed E-state index contributed by atoms with van der Waals surface area (Å²) in [5, 5.41) is 21.4. The van der Waals surface area contributed by atoms with Crippen LogP contribution < -0.4 is 4.74 Å². The van der Waals surface area contributed by atoms with Crippen molar-refractivity contribution in [2.45, 2.75) is 0 Å². The summed E-state index contributed by atoms with van der Waals surface area (Å²) in [4.78, 5) is 23.6. The number of ether oxygens (including phenoxy) is 1. The third-order valence-corrected chi connectivity index (χ3v) is 2.23. The predicted molar refractivity (Wildman–Crippen MR) is 64.1 cm³/mol. The Morgan fingerprint density at radius 2 is 1.53 bits per heavy atom. The molecular weight excluding hydrogens is 254 g/mol. The lowest BCUT2D eigenvalue weighted by molar-refractivity contribution is -0.422. The summed E-state index contributed by atoms with van der Waals surface area (Å²) < 4.78 is 5.34. The third-order valence-electron chi connectivity index (χ3n) is 2.23. The van der Waals surface area contributed by atoms with Gasteiger partial charge in [-0.2, -0.15) is 0 Å². The highest BCUT2D eigenvalue weighted by atomic mass is 16.6. The van der Waals surface area contributed by atoms with E-state index in [1.165, 1.54) is 18.5 Å². The fraction of sp³-hybridized carbons (Fsp3) is 0. The van der Waals surface area contributed by atoms with Crippen molar-refractivity contribution >= 4 is 11.4 Å². The van der Waals surface area contributed by atoms with E-state index in [-0.39, 0.29) is 5.75 Å². The van der Waals surface area contributed by atoms with Gasteiger partial charge in [-0.25, -0.2) is 0 Å². The van der Waals surface area contributed by atoms with Crippen LogP contribution in [0.15, 0.2) is 42.7 Å². The van der Waals surface area contributed by atoms with Crippen LogP contribution in [0.4, 0.5) is 11.4 Å². The van der Waals surface area contributed by atoms with Crippen molar-refractivity contribution in [3.05, 3.63) is 63.0 Å². The molecule has 0 bridgehead atoms. The van der Waals surface area contributed by atoms with E-state index in [0.29, 0.717) is 5.75 Å². The molecule has 2 aromatic rings. The molecule has 0 saturated carbocycles. The molecule has 0 N–H and O–H groups in total. The number of nitrogens with zero attached hydrogens (tertiary/aromatic N) is 3. The molecule has 0 spiro atoms. The number of hydrogen-bond donors (Lipinski definition) is 0. The Morgan fingerprint density at radius 1 is 0.895 bits per heavy atom. The Bertz CT molecular complexity index is 629. The SMILES string of the molecule is O=[N+]([O-])c1ccc(Oc2ccncc2)cc1[N+](=O)[O-]. The van der Waals surface area contributed by atoms with Gasteiger partial charge in [0.25, 0.3) is 0 Å². The van der Waals surface area contributed by atoms with Crippen LogP contribution in [0.5, 0.6) is 11.5 Å². The van der Waals surface area contributed by atoms with Crippen molar-refractivity contribution in [3.8, 4) is 11.5 Å². The van der Waals surface area contributed by atoms with Gasteiger partial charge in [-0.15, -0.1) is 0 Å². The van der Waals surface area contributed by atoms with E-state index in [1.807, 2.05) is 0 Å². The van der Waals surface area contributed by atoms with Gasteiger partial charge in [-0.1, -0.05) is 0 Å². The zero-order chi connectivity index (χ0) is 13.8. The van der Waals surface area contributed by atoms with E-state index in [2.05, 4.69) is 4.98 Å². The van der Waals surface area contributed by atoms with E-state index >= 15 is 0 Å². The molecule has 19 heavy (non-hydrogen) atoms. The van der Waals surface area contributed by atoms with E-state index < -0.39 is 21.2 Å². The molecule has 0 fully saturated rings. The lowest BCUT2D eigenvalue weighted by Crippen LogP contribution is -1.97. The molecule has 96 valence electrons. The highest BCUT2D eigenvalue weighted by Crippen LogP contribution is 2.32. The monoisotopic (exact) mass is 261 g/mol. The molecule has 0 aliphatic rings. The Morgan fingerprint density at radius 3 is 2.11 bits per heavy atom. The average Bonchev–Trinajstić information content (AvgIpc) is 2.39. The Labute approximate surface area is 106 Å². The van der Waals surface area contributed by atoms with Crippen LogP contribution in [0.25, 0.3) is 0 Å².